The van der Waals surface area contributed by atoms with E-state index in [0.29, 0.717) is 26.2 Å². The molecule has 1 aliphatic heterocycles. The molecule has 0 atom stereocenters. The van der Waals surface area contributed by atoms with Gasteiger partial charge in [0.2, 0.25) is 10.0 Å². The molecular weight excluding hydrogens is 336 g/mol. The molecule has 6 nitrogen and oxygen atoms in total. The molecule has 1 aromatic carbocycles. The van der Waals surface area contributed by atoms with Crippen molar-refractivity contribution in [2.45, 2.75) is 26.0 Å². The van der Waals surface area contributed by atoms with Crippen molar-refractivity contribution in [3.05, 3.63) is 42.0 Å². The van der Waals surface area contributed by atoms with Gasteiger partial charge in [-0.1, -0.05) is 24.3 Å². The fourth-order valence-electron chi connectivity index (χ4n) is 2.97. The minimum absolute atomic E-state index is 0.382. The van der Waals surface area contributed by atoms with E-state index < -0.39 is 10.0 Å². The molecule has 1 aromatic heterocycles. The molecule has 0 spiro atoms. The minimum atomic E-state index is -3.18. The average molecular weight is 360 g/mol. The molecule has 7 heteroatoms. The first-order valence-corrected chi connectivity index (χ1v) is 10.0. The van der Waals surface area contributed by atoms with Crippen molar-refractivity contribution in [2.75, 3.05) is 31.1 Å². The second-order valence-electron chi connectivity index (χ2n) is 6.57. The molecule has 134 valence electrons. The summed E-state index contributed by atoms with van der Waals surface area (Å²) in [6.07, 6.45) is 0. The molecule has 2 heterocycles. The lowest BCUT2D eigenvalue weighted by atomic mass is 10.1. The van der Waals surface area contributed by atoms with Gasteiger partial charge in [0.15, 0.2) is 5.82 Å². The molecule has 0 amide bonds. The monoisotopic (exact) mass is 360 g/mol. The van der Waals surface area contributed by atoms with E-state index in [-0.39, 0.29) is 5.25 Å². The van der Waals surface area contributed by atoms with Gasteiger partial charge in [-0.25, -0.2) is 8.42 Å². The first-order valence-electron chi connectivity index (χ1n) is 8.53. The molecule has 1 aliphatic rings. The first kappa shape index (κ1) is 17.8. The number of aromatic nitrogens is 2. The Morgan fingerprint density at radius 3 is 2.20 bits per heavy atom. The molecule has 0 unspecified atom stereocenters. The van der Waals surface area contributed by atoms with E-state index in [1.807, 2.05) is 30.3 Å². The van der Waals surface area contributed by atoms with E-state index >= 15 is 0 Å². The number of hydrogen-bond acceptors (Lipinski definition) is 5. The highest BCUT2D eigenvalue weighted by Gasteiger charge is 2.29. The van der Waals surface area contributed by atoms with Gasteiger partial charge in [-0.2, -0.15) is 4.31 Å². The normalized spacial score (nSPS) is 16.4. The lowest BCUT2D eigenvalue weighted by molar-refractivity contribution is 0.379. The Bertz CT molecular complexity index is 826. The third-order valence-corrected chi connectivity index (χ3v) is 6.87. The summed E-state index contributed by atoms with van der Waals surface area (Å²) in [5, 5.41) is 8.33. The molecule has 3 rings (SSSR count). The second-order valence-corrected chi connectivity index (χ2v) is 9.06. The number of anilines is 1. The molecule has 25 heavy (non-hydrogen) atoms. The van der Waals surface area contributed by atoms with Gasteiger partial charge in [0, 0.05) is 31.7 Å². The summed E-state index contributed by atoms with van der Waals surface area (Å²) >= 11 is 0. The van der Waals surface area contributed by atoms with Crippen molar-refractivity contribution < 1.29 is 8.42 Å². The summed E-state index contributed by atoms with van der Waals surface area (Å²) < 4.78 is 26.1. The van der Waals surface area contributed by atoms with Crippen molar-refractivity contribution >= 4 is 15.8 Å². The van der Waals surface area contributed by atoms with Gasteiger partial charge < -0.3 is 4.90 Å². The van der Waals surface area contributed by atoms with Crippen LogP contribution in [0.3, 0.4) is 0 Å². The maximum absolute atomic E-state index is 12.2. The molecule has 1 fully saturated rings. The van der Waals surface area contributed by atoms with Crippen LogP contribution in [0.4, 0.5) is 5.82 Å². The number of piperazine rings is 1. The Hall–Kier alpha value is -1.99. The molecule has 0 bridgehead atoms. The predicted octanol–water partition coefficient (Wildman–Crippen LogP) is 2.31. The predicted molar refractivity (Wildman–Crippen MR) is 100 cm³/mol. The van der Waals surface area contributed by atoms with Crippen LogP contribution in [-0.4, -0.2) is 54.3 Å². The number of nitrogens with zero attached hydrogens (tertiary/aromatic N) is 4. The Kier molecular flexibility index (Phi) is 5.06. The van der Waals surface area contributed by atoms with Gasteiger partial charge in [0.25, 0.3) is 0 Å². The molecule has 0 N–H and O–H groups in total. The van der Waals surface area contributed by atoms with Crippen LogP contribution in [0.2, 0.25) is 0 Å². The second kappa shape index (κ2) is 7.09. The third kappa shape index (κ3) is 3.67. The highest BCUT2D eigenvalue weighted by Crippen LogP contribution is 2.22. The van der Waals surface area contributed by atoms with Crippen molar-refractivity contribution in [3.8, 4) is 11.3 Å². The first-order chi connectivity index (χ1) is 11.9. The van der Waals surface area contributed by atoms with Crippen LogP contribution in [0.25, 0.3) is 11.3 Å². The summed E-state index contributed by atoms with van der Waals surface area (Å²) in [4.78, 5) is 2.08. The Labute approximate surface area is 149 Å². The van der Waals surface area contributed by atoms with Gasteiger partial charge in [-0.15, -0.1) is 10.2 Å². The summed E-state index contributed by atoms with van der Waals surface area (Å²) in [5.74, 6) is 0.791. The van der Waals surface area contributed by atoms with Crippen LogP contribution in [0.5, 0.6) is 0 Å². The number of sulfonamides is 1. The Morgan fingerprint density at radius 2 is 1.64 bits per heavy atom. The number of benzene rings is 1. The summed E-state index contributed by atoms with van der Waals surface area (Å²) in [7, 11) is -3.18. The number of hydrogen-bond donors (Lipinski definition) is 0. The molecule has 2 aromatic rings. The largest absolute Gasteiger partial charge is 0.352 e. The van der Waals surface area contributed by atoms with E-state index in [1.165, 1.54) is 0 Å². The topological polar surface area (TPSA) is 66.4 Å². The van der Waals surface area contributed by atoms with E-state index in [1.54, 1.807) is 18.2 Å². The van der Waals surface area contributed by atoms with Gasteiger partial charge in [0.05, 0.1) is 10.9 Å². The third-order valence-electron chi connectivity index (χ3n) is 4.59. The quantitative estimate of drug-likeness (QED) is 0.837. The van der Waals surface area contributed by atoms with E-state index in [9.17, 15) is 8.42 Å². The zero-order chi connectivity index (χ0) is 18.0. The highest BCUT2D eigenvalue weighted by atomic mass is 32.2. The van der Waals surface area contributed by atoms with Crippen LogP contribution >= 0.6 is 0 Å². The average Bonchev–Trinajstić information content (AvgIpc) is 2.62. The molecule has 0 radical (unpaired) electrons. The maximum Gasteiger partial charge on any atom is 0.216 e. The highest BCUT2D eigenvalue weighted by molar-refractivity contribution is 7.89. The summed E-state index contributed by atoms with van der Waals surface area (Å²) in [6, 6.07) is 12.0. The zero-order valence-electron chi connectivity index (χ0n) is 14.9. The van der Waals surface area contributed by atoms with E-state index in [0.717, 1.165) is 22.6 Å². The minimum Gasteiger partial charge on any atom is -0.352 e. The van der Waals surface area contributed by atoms with Crippen LogP contribution in [0, 0.1) is 6.92 Å². The molecule has 0 aliphatic carbocycles. The van der Waals surface area contributed by atoms with Gasteiger partial charge in [0.1, 0.15) is 0 Å². The lowest BCUT2D eigenvalue weighted by Crippen LogP contribution is -2.50. The summed E-state index contributed by atoms with van der Waals surface area (Å²) in [6.45, 7) is 7.73. The molecule has 1 saturated heterocycles. The SMILES string of the molecule is Cc1ccccc1-c1ccc(N2CCN(S(=O)(=O)C(C)C)CC2)nn1. The lowest BCUT2D eigenvalue weighted by Gasteiger charge is -2.35. The van der Waals surface area contributed by atoms with Crippen molar-refractivity contribution in [1.82, 2.24) is 14.5 Å². The smallest absolute Gasteiger partial charge is 0.216 e. The van der Waals surface area contributed by atoms with Gasteiger partial charge >= 0.3 is 0 Å². The van der Waals surface area contributed by atoms with Gasteiger partial charge in [-0.05, 0) is 38.5 Å². The maximum atomic E-state index is 12.2. The molecular formula is C18H24N4O2S. The van der Waals surface area contributed by atoms with Crippen molar-refractivity contribution in [1.29, 1.82) is 0 Å². The van der Waals surface area contributed by atoms with Crippen molar-refractivity contribution in [2.24, 2.45) is 0 Å². The molecule has 0 saturated carbocycles. The van der Waals surface area contributed by atoms with Crippen LogP contribution in [0.15, 0.2) is 36.4 Å². The van der Waals surface area contributed by atoms with Crippen molar-refractivity contribution in [3.63, 3.8) is 0 Å². The van der Waals surface area contributed by atoms with Crippen LogP contribution in [-0.2, 0) is 10.0 Å². The zero-order valence-corrected chi connectivity index (χ0v) is 15.7. The fraction of sp³-hybridized carbons (Fsp3) is 0.444. The van der Waals surface area contributed by atoms with E-state index in [2.05, 4.69) is 28.1 Å². The fourth-order valence-corrected chi connectivity index (χ4v) is 4.24. The Morgan fingerprint density at radius 1 is 0.960 bits per heavy atom. The van der Waals surface area contributed by atoms with Gasteiger partial charge in [-0.3, -0.25) is 0 Å². The summed E-state index contributed by atoms with van der Waals surface area (Å²) in [5.41, 5.74) is 3.09. The Balaban J connectivity index is 1.70. The number of aryl methyl sites for hydroxylation is 1. The van der Waals surface area contributed by atoms with E-state index in [4.69, 9.17) is 0 Å². The van der Waals surface area contributed by atoms with Crippen LogP contribution < -0.4 is 4.90 Å². The number of rotatable bonds is 4. The standard InChI is InChI=1S/C18H24N4O2S/c1-14(2)25(23,24)22-12-10-21(11-13-22)18-9-8-17(19-20-18)16-7-5-4-6-15(16)3/h4-9,14H,10-13H2,1-3H3. The van der Waals surface area contributed by atoms with Crippen LogP contribution in [0.1, 0.15) is 19.4 Å².